The van der Waals surface area contributed by atoms with Gasteiger partial charge in [0.15, 0.2) is 0 Å². The van der Waals surface area contributed by atoms with Crippen molar-refractivity contribution in [1.29, 1.82) is 0 Å². The van der Waals surface area contributed by atoms with Crippen LogP contribution in [0.4, 0.5) is 5.69 Å². The highest BCUT2D eigenvalue weighted by molar-refractivity contribution is 5.75. The number of anilines is 1. The largest absolute Gasteiger partial charge is 0.398 e. The molecule has 1 saturated heterocycles. The molecule has 3 rings (SSSR count). The Balaban J connectivity index is 1.74. The molecule has 1 fully saturated rings. The molecule has 1 aliphatic rings. The van der Waals surface area contributed by atoms with Crippen LogP contribution in [0.2, 0.25) is 0 Å². The van der Waals surface area contributed by atoms with E-state index in [2.05, 4.69) is 17.1 Å². The molecule has 0 amide bonds. The molecule has 4 heteroatoms. The van der Waals surface area contributed by atoms with Gasteiger partial charge in [-0.2, -0.15) is 0 Å². The fourth-order valence-electron chi connectivity index (χ4n) is 2.33. The SMILES string of the molecule is Nc1ccncc1-c1cccc(COC2CCOC2)c1. The zero-order valence-electron chi connectivity index (χ0n) is 11.3. The molecule has 1 aromatic heterocycles. The van der Waals surface area contributed by atoms with Gasteiger partial charge in [-0.25, -0.2) is 0 Å². The summed E-state index contributed by atoms with van der Waals surface area (Å²) >= 11 is 0. The van der Waals surface area contributed by atoms with Crippen LogP contribution in [0, 0.1) is 0 Å². The first-order chi connectivity index (χ1) is 9.83. The molecule has 2 heterocycles. The maximum Gasteiger partial charge on any atom is 0.0834 e. The van der Waals surface area contributed by atoms with E-state index in [1.807, 2.05) is 18.2 Å². The summed E-state index contributed by atoms with van der Waals surface area (Å²) in [6.07, 6.45) is 4.70. The number of nitrogens with two attached hydrogens (primary N) is 1. The highest BCUT2D eigenvalue weighted by atomic mass is 16.5. The second-order valence-corrected chi connectivity index (χ2v) is 4.96. The third kappa shape index (κ3) is 2.98. The number of nitrogen functional groups attached to an aromatic ring is 1. The summed E-state index contributed by atoms with van der Waals surface area (Å²) in [4.78, 5) is 4.13. The summed E-state index contributed by atoms with van der Waals surface area (Å²) < 4.78 is 11.1. The van der Waals surface area contributed by atoms with Crippen LogP contribution in [-0.4, -0.2) is 24.3 Å². The normalized spacial score (nSPS) is 18.3. The molecule has 1 aliphatic heterocycles. The molecule has 2 N–H and O–H groups in total. The molecule has 0 radical (unpaired) electrons. The van der Waals surface area contributed by atoms with Gasteiger partial charge in [0.2, 0.25) is 0 Å². The molecule has 4 nitrogen and oxygen atoms in total. The molecule has 0 aliphatic carbocycles. The lowest BCUT2D eigenvalue weighted by molar-refractivity contribution is 0.0318. The Labute approximate surface area is 118 Å². The average molecular weight is 270 g/mol. The van der Waals surface area contributed by atoms with Crippen molar-refractivity contribution >= 4 is 5.69 Å². The number of aromatic nitrogens is 1. The number of rotatable bonds is 4. The molecular weight excluding hydrogens is 252 g/mol. The average Bonchev–Trinajstić information content (AvgIpc) is 2.99. The van der Waals surface area contributed by atoms with Crippen LogP contribution in [0.1, 0.15) is 12.0 Å². The van der Waals surface area contributed by atoms with Gasteiger partial charge >= 0.3 is 0 Å². The number of ether oxygens (including phenoxy) is 2. The Hall–Kier alpha value is -1.91. The lowest BCUT2D eigenvalue weighted by Gasteiger charge is -2.11. The van der Waals surface area contributed by atoms with Gasteiger partial charge in [0.25, 0.3) is 0 Å². The van der Waals surface area contributed by atoms with E-state index in [1.165, 1.54) is 0 Å². The number of pyridine rings is 1. The van der Waals surface area contributed by atoms with Crippen molar-refractivity contribution in [3.05, 3.63) is 48.3 Å². The molecule has 1 atom stereocenters. The van der Waals surface area contributed by atoms with Crippen molar-refractivity contribution in [3.63, 3.8) is 0 Å². The smallest absolute Gasteiger partial charge is 0.0834 e. The maximum atomic E-state index is 5.99. The Morgan fingerprint density at radius 2 is 2.30 bits per heavy atom. The van der Waals surface area contributed by atoms with E-state index < -0.39 is 0 Å². The minimum Gasteiger partial charge on any atom is -0.398 e. The number of benzene rings is 1. The second kappa shape index (κ2) is 6.03. The van der Waals surface area contributed by atoms with Crippen molar-refractivity contribution in [2.24, 2.45) is 0 Å². The summed E-state index contributed by atoms with van der Waals surface area (Å²) in [5.41, 5.74) is 9.89. The van der Waals surface area contributed by atoms with Gasteiger partial charge in [-0.05, 0) is 29.7 Å². The predicted octanol–water partition coefficient (Wildman–Crippen LogP) is 2.64. The van der Waals surface area contributed by atoms with Crippen LogP contribution in [0.25, 0.3) is 11.1 Å². The first kappa shape index (κ1) is 13.1. The van der Waals surface area contributed by atoms with E-state index in [0.29, 0.717) is 13.2 Å². The third-order valence-electron chi connectivity index (χ3n) is 3.47. The van der Waals surface area contributed by atoms with Gasteiger partial charge in [0, 0.05) is 30.3 Å². The topological polar surface area (TPSA) is 57.4 Å². The lowest BCUT2D eigenvalue weighted by atomic mass is 10.0. The Bertz CT molecular complexity index is 580. The Morgan fingerprint density at radius 1 is 1.35 bits per heavy atom. The summed E-state index contributed by atoms with van der Waals surface area (Å²) in [5.74, 6) is 0. The molecule has 0 bridgehead atoms. The fraction of sp³-hybridized carbons (Fsp3) is 0.312. The van der Waals surface area contributed by atoms with Crippen LogP contribution in [0.3, 0.4) is 0 Å². The minimum atomic E-state index is 0.224. The quantitative estimate of drug-likeness (QED) is 0.928. The van der Waals surface area contributed by atoms with E-state index in [-0.39, 0.29) is 6.10 Å². The lowest BCUT2D eigenvalue weighted by Crippen LogP contribution is -2.11. The van der Waals surface area contributed by atoms with E-state index in [1.54, 1.807) is 12.4 Å². The fourth-order valence-corrected chi connectivity index (χ4v) is 2.33. The van der Waals surface area contributed by atoms with Crippen molar-refractivity contribution < 1.29 is 9.47 Å². The molecule has 20 heavy (non-hydrogen) atoms. The standard InChI is InChI=1S/C16H18N2O2/c17-16-4-6-18-9-15(16)13-3-1-2-12(8-13)10-20-14-5-7-19-11-14/h1-4,6,8-9,14H,5,7,10-11H2,(H2,17,18). The van der Waals surface area contributed by atoms with Gasteiger partial charge in [-0.3, -0.25) is 4.98 Å². The van der Waals surface area contributed by atoms with Gasteiger partial charge < -0.3 is 15.2 Å². The summed E-state index contributed by atoms with van der Waals surface area (Å²) in [6, 6.07) is 10.0. The number of hydrogen-bond acceptors (Lipinski definition) is 4. The summed E-state index contributed by atoms with van der Waals surface area (Å²) in [5, 5.41) is 0. The molecule has 1 unspecified atom stereocenters. The van der Waals surface area contributed by atoms with Crippen molar-refractivity contribution in [2.75, 3.05) is 18.9 Å². The zero-order chi connectivity index (χ0) is 13.8. The van der Waals surface area contributed by atoms with Crippen LogP contribution in [0.5, 0.6) is 0 Å². The molecule has 2 aromatic rings. The van der Waals surface area contributed by atoms with Gasteiger partial charge in [0.05, 0.1) is 19.3 Å². The van der Waals surface area contributed by atoms with E-state index in [4.69, 9.17) is 15.2 Å². The molecule has 0 spiro atoms. The van der Waals surface area contributed by atoms with Crippen molar-refractivity contribution in [1.82, 2.24) is 4.98 Å². The maximum absolute atomic E-state index is 5.99. The number of nitrogens with zero attached hydrogens (tertiary/aromatic N) is 1. The van der Waals surface area contributed by atoms with Crippen LogP contribution < -0.4 is 5.73 Å². The van der Waals surface area contributed by atoms with Gasteiger partial charge in [-0.15, -0.1) is 0 Å². The van der Waals surface area contributed by atoms with Crippen molar-refractivity contribution in [3.8, 4) is 11.1 Å². The molecule has 0 saturated carbocycles. The molecule has 1 aromatic carbocycles. The van der Waals surface area contributed by atoms with Gasteiger partial charge in [0.1, 0.15) is 0 Å². The van der Waals surface area contributed by atoms with E-state index in [9.17, 15) is 0 Å². The zero-order valence-corrected chi connectivity index (χ0v) is 11.3. The number of hydrogen-bond donors (Lipinski definition) is 1. The third-order valence-corrected chi connectivity index (χ3v) is 3.47. The van der Waals surface area contributed by atoms with E-state index in [0.717, 1.165) is 35.4 Å². The van der Waals surface area contributed by atoms with Crippen LogP contribution in [0.15, 0.2) is 42.7 Å². The Kier molecular flexibility index (Phi) is 3.95. The van der Waals surface area contributed by atoms with Crippen molar-refractivity contribution in [2.45, 2.75) is 19.1 Å². The summed E-state index contributed by atoms with van der Waals surface area (Å²) in [6.45, 7) is 2.11. The summed E-state index contributed by atoms with van der Waals surface area (Å²) in [7, 11) is 0. The Morgan fingerprint density at radius 3 is 3.10 bits per heavy atom. The van der Waals surface area contributed by atoms with Gasteiger partial charge in [-0.1, -0.05) is 18.2 Å². The monoisotopic (exact) mass is 270 g/mol. The predicted molar refractivity (Wildman–Crippen MR) is 78.1 cm³/mol. The highest BCUT2D eigenvalue weighted by Gasteiger charge is 2.15. The highest BCUT2D eigenvalue weighted by Crippen LogP contribution is 2.25. The minimum absolute atomic E-state index is 0.224. The molecule has 104 valence electrons. The second-order valence-electron chi connectivity index (χ2n) is 4.96. The van der Waals surface area contributed by atoms with Crippen LogP contribution in [-0.2, 0) is 16.1 Å². The molecular formula is C16H18N2O2. The van der Waals surface area contributed by atoms with E-state index >= 15 is 0 Å². The first-order valence-electron chi connectivity index (χ1n) is 6.81. The first-order valence-corrected chi connectivity index (χ1v) is 6.81. The van der Waals surface area contributed by atoms with Crippen LogP contribution >= 0.6 is 0 Å².